The Morgan fingerprint density at radius 3 is 2.17 bits per heavy atom. The molecule has 2 atom stereocenters. The molecule has 0 aliphatic heterocycles. The van der Waals surface area contributed by atoms with E-state index in [1.807, 2.05) is 13.8 Å². The molecule has 3 nitrogen and oxygen atoms in total. The van der Waals surface area contributed by atoms with E-state index in [0.29, 0.717) is 6.42 Å². The molecule has 0 aliphatic rings. The van der Waals surface area contributed by atoms with Gasteiger partial charge in [0.2, 0.25) is 0 Å². The first-order valence-corrected chi connectivity index (χ1v) is 4.32. The SMILES string of the molecule is CC(O)CC(C)C(=O)OC(C)C. The van der Waals surface area contributed by atoms with E-state index < -0.39 is 6.10 Å². The number of carbonyl (C=O) groups excluding carboxylic acids is 1. The van der Waals surface area contributed by atoms with Gasteiger partial charge in [-0.2, -0.15) is 0 Å². The first kappa shape index (κ1) is 11.4. The molecule has 0 aromatic rings. The lowest BCUT2D eigenvalue weighted by Gasteiger charge is -2.14. The number of ether oxygens (including phenoxy) is 1. The molecule has 12 heavy (non-hydrogen) atoms. The summed E-state index contributed by atoms with van der Waals surface area (Å²) in [6.45, 7) is 7.05. The Bertz CT molecular complexity index is 141. The number of rotatable bonds is 4. The van der Waals surface area contributed by atoms with Crippen molar-refractivity contribution in [2.75, 3.05) is 0 Å². The van der Waals surface area contributed by atoms with Crippen molar-refractivity contribution in [2.45, 2.75) is 46.3 Å². The van der Waals surface area contributed by atoms with Crippen molar-refractivity contribution in [1.29, 1.82) is 0 Å². The summed E-state index contributed by atoms with van der Waals surface area (Å²) < 4.78 is 4.96. The lowest BCUT2D eigenvalue weighted by Crippen LogP contribution is -2.21. The van der Waals surface area contributed by atoms with Crippen molar-refractivity contribution >= 4 is 5.97 Å². The number of carbonyl (C=O) groups is 1. The first-order chi connectivity index (χ1) is 5.43. The summed E-state index contributed by atoms with van der Waals surface area (Å²) in [5.41, 5.74) is 0. The van der Waals surface area contributed by atoms with Gasteiger partial charge in [-0.15, -0.1) is 0 Å². The van der Waals surface area contributed by atoms with Crippen LogP contribution in [0.25, 0.3) is 0 Å². The molecule has 0 rings (SSSR count). The molecule has 1 N–H and O–H groups in total. The van der Waals surface area contributed by atoms with Gasteiger partial charge in [-0.05, 0) is 27.2 Å². The van der Waals surface area contributed by atoms with Crippen molar-refractivity contribution in [3.63, 3.8) is 0 Å². The molecule has 0 aromatic carbocycles. The molecular formula is C9H18O3. The van der Waals surface area contributed by atoms with Gasteiger partial charge in [0.1, 0.15) is 0 Å². The van der Waals surface area contributed by atoms with Gasteiger partial charge < -0.3 is 9.84 Å². The summed E-state index contributed by atoms with van der Waals surface area (Å²) in [5.74, 6) is -0.446. The Kier molecular flexibility index (Phi) is 4.90. The molecule has 0 aliphatic carbocycles. The molecule has 0 aromatic heterocycles. The topological polar surface area (TPSA) is 46.5 Å². The third-order valence-corrected chi connectivity index (χ3v) is 1.45. The van der Waals surface area contributed by atoms with Crippen molar-refractivity contribution < 1.29 is 14.6 Å². The number of aliphatic hydroxyl groups is 1. The lowest BCUT2D eigenvalue weighted by atomic mass is 10.1. The minimum atomic E-state index is -0.445. The summed E-state index contributed by atoms with van der Waals surface area (Å²) in [6.07, 6.45) is -0.0559. The fraction of sp³-hybridized carbons (Fsp3) is 0.889. The Labute approximate surface area is 73.7 Å². The van der Waals surface area contributed by atoms with Crippen LogP contribution in [0.2, 0.25) is 0 Å². The number of hydrogen-bond acceptors (Lipinski definition) is 3. The smallest absolute Gasteiger partial charge is 0.308 e. The molecule has 72 valence electrons. The molecule has 3 heteroatoms. The predicted octanol–water partition coefficient (Wildman–Crippen LogP) is 1.34. The number of aliphatic hydroxyl groups excluding tert-OH is 1. The van der Waals surface area contributed by atoms with Gasteiger partial charge in [-0.25, -0.2) is 0 Å². The molecule has 2 unspecified atom stereocenters. The van der Waals surface area contributed by atoms with Crippen LogP contribution in [0, 0.1) is 5.92 Å². The second-order valence-corrected chi connectivity index (χ2v) is 3.47. The second kappa shape index (κ2) is 5.14. The van der Waals surface area contributed by atoms with Crippen LogP contribution in [0.15, 0.2) is 0 Å². The highest BCUT2D eigenvalue weighted by Crippen LogP contribution is 2.08. The summed E-state index contributed by atoms with van der Waals surface area (Å²) >= 11 is 0. The van der Waals surface area contributed by atoms with Gasteiger partial charge in [0.05, 0.1) is 18.1 Å². The second-order valence-electron chi connectivity index (χ2n) is 3.47. The summed E-state index contributed by atoms with van der Waals surface area (Å²) in [6, 6.07) is 0. The molecule has 0 bridgehead atoms. The fourth-order valence-corrected chi connectivity index (χ4v) is 0.956. The normalized spacial score (nSPS) is 15.8. The van der Waals surface area contributed by atoms with Gasteiger partial charge in [0.25, 0.3) is 0 Å². The largest absolute Gasteiger partial charge is 0.463 e. The summed E-state index contributed by atoms with van der Waals surface area (Å²) in [7, 11) is 0. The Balaban J connectivity index is 3.77. The molecular weight excluding hydrogens is 156 g/mol. The molecule has 0 amide bonds. The van der Waals surface area contributed by atoms with Crippen LogP contribution in [-0.2, 0) is 9.53 Å². The Morgan fingerprint density at radius 2 is 1.83 bits per heavy atom. The highest BCUT2D eigenvalue weighted by atomic mass is 16.5. The Morgan fingerprint density at radius 1 is 1.33 bits per heavy atom. The van der Waals surface area contributed by atoms with Gasteiger partial charge in [-0.3, -0.25) is 4.79 Å². The quantitative estimate of drug-likeness (QED) is 0.654. The molecule has 0 heterocycles. The highest BCUT2D eigenvalue weighted by molar-refractivity contribution is 5.72. The van der Waals surface area contributed by atoms with E-state index in [-0.39, 0.29) is 18.0 Å². The van der Waals surface area contributed by atoms with Crippen molar-refractivity contribution in [3.05, 3.63) is 0 Å². The summed E-state index contributed by atoms with van der Waals surface area (Å²) in [5, 5.41) is 9.00. The average Bonchev–Trinajstić information content (AvgIpc) is 1.84. The van der Waals surface area contributed by atoms with E-state index in [4.69, 9.17) is 9.84 Å². The van der Waals surface area contributed by atoms with Crippen molar-refractivity contribution in [1.82, 2.24) is 0 Å². The fourth-order valence-electron chi connectivity index (χ4n) is 0.956. The van der Waals surface area contributed by atoms with E-state index in [2.05, 4.69) is 0 Å². The third-order valence-electron chi connectivity index (χ3n) is 1.45. The minimum absolute atomic E-state index is 0.0750. The highest BCUT2D eigenvalue weighted by Gasteiger charge is 2.17. The van der Waals surface area contributed by atoms with Crippen LogP contribution in [0.1, 0.15) is 34.1 Å². The maximum atomic E-state index is 11.2. The maximum Gasteiger partial charge on any atom is 0.308 e. The van der Waals surface area contributed by atoms with Gasteiger partial charge in [0.15, 0.2) is 0 Å². The standard InChI is InChI=1S/C9H18O3/c1-6(2)12-9(11)7(3)5-8(4)10/h6-8,10H,5H2,1-4H3. The van der Waals surface area contributed by atoms with E-state index in [1.165, 1.54) is 0 Å². The molecule has 0 saturated heterocycles. The zero-order chi connectivity index (χ0) is 9.72. The molecule has 0 spiro atoms. The molecule has 0 saturated carbocycles. The average molecular weight is 174 g/mol. The maximum absolute atomic E-state index is 11.2. The number of hydrogen-bond donors (Lipinski definition) is 1. The van der Waals surface area contributed by atoms with Crippen LogP contribution in [-0.4, -0.2) is 23.3 Å². The Hall–Kier alpha value is -0.570. The number of esters is 1. The van der Waals surface area contributed by atoms with Crippen LogP contribution < -0.4 is 0 Å². The van der Waals surface area contributed by atoms with Crippen LogP contribution in [0.3, 0.4) is 0 Å². The van der Waals surface area contributed by atoms with Gasteiger partial charge >= 0.3 is 5.97 Å². The van der Waals surface area contributed by atoms with Crippen molar-refractivity contribution in [2.24, 2.45) is 5.92 Å². The van der Waals surface area contributed by atoms with E-state index >= 15 is 0 Å². The van der Waals surface area contributed by atoms with Gasteiger partial charge in [0, 0.05) is 0 Å². The van der Waals surface area contributed by atoms with Crippen molar-refractivity contribution in [3.8, 4) is 0 Å². The van der Waals surface area contributed by atoms with Gasteiger partial charge in [-0.1, -0.05) is 6.92 Å². The van der Waals surface area contributed by atoms with Crippen LogP contribution >= 0.6 is 0 Å². The zero-order valence-electron chi connectivity index (χ0n) is 8.20. The van der Waals surface area contributed by atoms with E-state index in [9.17, 15) is 4.79 Å². The zero-order valence-corrected chi connectivity index (χ0v) is 8.20. The predicted molar refractivity (Wildman–Crippen MR) is 46.7 cm³/mol. The van der Waals surface area contributed by atoms with Crippen LogP contribution in [0.4, 0.5) is 0 Å². The molecule has 0 fully saturated rings. The minimum Gasteiger partial charge on any atom is -0.463 e. The van der Waals surface area contributed by atoms with E-state index in [0.717, 1.165) is 0 Å². The molecule has 0 radical (unpaired) electrons. The lowest BCUT2D eigenvalue weighted by molar-refractivity contribution is -0.152. The monoisotopic (exact) mass is 174 g/mol. The first-order valence-electron chi connectivity index (χ1n) is 4.32. The van der Waals surface area contributed by atoms with E-state index in [1.54, 1.807) is 13.8 Å². The van der Waals surface area contributed by atoms with Crippen LogP contribution in [0.5, 0.6) is 0 Å². The summed E-state index contributed by atoms with van der Waals surface area (Å²) in [4.78, 5) is 11.2. The third kappa shape index (κ3) is 5.13.